The smallest absolute Gasteiger partial charge is 0.244 e. The van der Waals surface area contributed by atoms with E-state index in [1.807, 2.05) is 4.90 Å². The minimum Gasteiger partial charge on any atom is -0.345 e. The lowest BCUT2D eigenvalue weighted by atomic mass is 9.94. The number of hydrogen-bond acceptors (Lipinski definition) is 3. The molecule has 2 heterocycles. The van der Waals surface area contributed by atoms with E-state index in [1.165, 1.54) is 12.8 Å². The Balaban J connectivity index is 1.66. The molecule has 0 aliphatic carbocycles. The summed E-state index contributed by atoms with van der Waals surface area (Å²) in [6.45, 7) is 5.60. The van der Waals surface area contributed by atoms with Crippen LogP contribution in [-0.2, 0) is 9.59 Å². The molecule has 0 aromatic carbocycles. The Morgan fingerprint density at radius 1 is 1.30 bits per heavy atom. The molecule has 20 heavy (non-hydrogen) atoms. The van der Waals surface area contributed by atoms with Crippen LogP contribution < -0.4 is 10.6 Å². The van der Waals surface area contributed by atoms with Gasteiger partial charge in [-0.2, -0.15) is 0 Å². The normalized spacial score (nSPS) is 24.4. The van der Waals surface area contributed by atoms with Gasteiger partial charge < -0.3 is 15.5 Å². The number of hydrogen-bond donors (Lipinski definition) is 2. The van der Waals surface area contributed by atoms with Crippen LogP contribution in [0.15, 0.2) is 0 Å². The van der Waals surface area contributed by atoms with Gasteiger partial charge in [-0.3, -0.25) is 9.59 Å². The highest BCUT2D eigenvalue weighted by atomic mass is 16.2. The number of carbonyl (C=O) groups excluding carboxylic acids is 2. The van der Waals surface area contributed by atoms with Crippen LogP contribution in [0.1, 0.15) is 45.4 Å². The van der Waals surface area contributed by atoms with Crippen LogP contribution >= 0.6 is 0 Å². The van der Waals surface area contributed by atoms with Gasteiger partial charge in [0.05, 0.1) is 0 Å². The number of nitrogens with zero attached hydrogens (tertiary/aromatic N) is 1. The largest absolute Gasteiger partial charge is 0.345 e. The summed E-state index contributed by atoms with van der Waals surface area (Å²) >= 11 is 0. The fourth-order valence-electron chi connectivity index (χ4n) is 3.09. The average Bonchev–Trinajstić information content (AvgIpc) is 2.99. The first-order chi connectivity index (χ1) is 9.66. The molecule has 2 aliphatic rings. The molecule has 0 aromatic heterocycles. The van der Waals surface area contributed by atoms with E-state index in [1.54, 1.807) is 6.92 Å². The Morgan fingerprint density at radius 2 is 2.05 bits per heavy atom. The first kappa shape index (κ1) is 15.3. The molecule has 2 amide bonds. The van der Waals surface area contributed by atoms with E-state index in [-0.39, 0.29) is 17.9 Å². The van der Waals surface area contributed by atoms with Crippen molar-refractivity contribution in [2.24, 2.45) is 5.92 Å². The maximum Gasteiger partial charge on any atom is 0.244 e. The second-order valence-electron chi connectivity index (χ2n) is 6.07. The van der Waals surface area contributed by atoms with Crippen LogP contribution in [0.25, 0.3) is 0 Å². The number of carbonyl (C=O) groups is 2. The third-order valence-corrected chi connectivity index (χ3v) is 4.34. The van der Waals surface area contributed by atoms with Crippen molar-refractivity contribution in [2.45, 2.75) is 51.5 Å². The predicted molar refractivity (Wildman–Crippen MR) is 78.2 cm³/mol. The van der Waals surface area contributed by atoms with E-state index in [0.717, 1.165) is 45.4 Å². The monoisotopic (exact) mass is 281 g/mol. The average molecular weight is 281 g/mol. The Kier molecular flexibility index (Phi) is 5.83. The van der Waals surface area contributed by atoms with Crippen molar-refractivity contribution in [3.8, 4) is 0 Å². The highest BCUT2D eigenvalue weighted by molar-refractivity contribution is 5.87. The summed E-state index contributed by atoms with van der Waals surface area (Å²) in [4.78, 5) is 25.9. The number of piperidine rings is 1. The van der Waals surface area contributed by atoms with Crippen LogP contribution in [0.4, 0.5) is 0 Å². The maximum atomic E-state index is 12.1. The van der Waals surface area contributed by atoms with Crippen LogP contribution in [0.3, 0.4) is 0 Å². The molecule has 2 aliphatic heterocycles. The second kappa shape index (κ2) is 7.62. The molecular formula is C15H27N3O2. The Morgan fingerprint density at radius 3 is 2.70 bits per heavy atom. The molecule has 114 valence electrons. The molecule has 2 rings (SSSR count). The molecule has 0 aromatic rings. The molecule has 2 atom stereocenters. The Labute approximate surface area is 121 Å². The fourth-order valence-corrected chi connectivity index (χ4v) is 3.09. The van der Waals surface area contributed by atoms with Gasteiger partial charge in [0, 0.05) is 19.5 Å². The van der Waals surface area contributed by atoms with Gasteiger partial charge in [-0.25, -0.2) is 0 Å². The molecule has 2 fully saturated rings. The SMILES string of the molecule is CC(NC(=O)CCC1CCCNC1)C(=O)N1CCCC1. The number of amides is 2. The minimum atomic E-state index is -0.384. The lowest BCUT2D eigenvalue weighted by Crippen LogP contribution is -2.46. The summed E-state index contributed by atoms with van der Waals surface area (Å²) in [5, 5.41) is 6.21. The van der Waals surface area contributed by atoms with Gasteiger partial charge in [0.1, 0.15) is 6.04 Å². The van der Waals surface area contributed by atoms with Crippen molar-refractivity contribution in [1.82, 2.24) is 15.5 Å². The van der Waals surface area contributed by atoms with Gasteiger partial charge >= 0.3 is 0 Å². The molecule has 2 N–H and O–H groups in total. The topological polar surface area (TPSA) is 61.4 Å². The number of likely N-dealkylation sites (tertiary alicyclic amines) is 1. The van der Waals surface area contributed by atoms with Gasteiger partial charge in [0.2, 0.25) is 11.8 Å². The van der Waals surface area contributed by atoms with Crippen LogP contribution in [-0.4, -0.2) is 48.9 Å². The van der Waals surface area contributed by atoms with E-state index in [4.69, 9.17) is 0 Å². The van der Waals surface area contributed by atoms with E-state index in [9.17, 15) is 9.59 Å². The minimum absolute atomic E-state index is 0.00983. The molecular weight excluding hydrogens is 254 g/mol. The standard InChI is InChI=1S/C15H27N3O2/c1-12(15(20)18-9-2-3-10-18)17-14(19)7-6-13-5-4-8-16-11-13/h12-13,16H,2-11H2,1H3,(H,17,19). The van der Waals surface area contributed by atoms with Crippen LogP contribution in [0.2, 0.25) is 0 Å². The van der Waals surface area contributed by atoms with Gasteiger partial charge in [0.25, 0.3) is 0 Å². The van der Waals surface area contributed by atoms with Gasteiger partial charge in [-0.1, -0.05) is 0 Å². The number of nitrogens with one attached hydrogen (secondary N) is 2. The molecule has 0 bridgehead atoms. The molecule has 2 unspecified atom stereocenters. The van der Waals surface area contributed by atoms with Gasteiger partial charge in [0.15, 0.2) is 0 Å². The molecule has 5 nitrogen and oxygen atoms in total. The highest BCUT2D eigenvalue weighted by Gasteiger charge is 2.24. The first-order valence-electron chi connectivity index (χ1n) is 7.95. The van der Waals surface area contributed by atoms with Crippen molar-refractivity contribution < 1.29 is 9.59 Å². The van der Waals surface area contributed by atoms with Gasteiger partial charge in [-0.15, -0.1) is 0 Å². The zero-order valence-electron chi connectivity index (χ0n) is 12.5. The summed E-state index contributed by atoms with van der Waals surface area (Å²) in [6, 6.07) is -0.384. The summed E-state index contributed by atoms with van der Waals surface area (Å²) in [5.41, 5.74) is 0. The summed E-state index contributed by atoms with van der Waals surface area (Å²) < 4.78 is 0. The van der Waals surface area contributed by atoms with Crippen molar-refractivity contribution in [3.63, 3.8) is 0 Å². The van der Waals surface area contributed by atoms with E-state index < -0.39 is 0 Å². The molecule has 0 saturated carbocycles. The summed E-state index contributed by atoms with van der Waals surface area (Å²) in [7, 11) is 0. The van der Waals surface area contributed by atoms with Crippen molar-refractivity contribution in [1.29, 1.82) is 0 Å². The number of rotatable bonds is 5. The molecule has 0 spiro atoms. The molecule has 5 heteroatoms. The second-order valence-corrected chi connectivity index (χ2v) is 6.07. The summed E-state index contributed by atoms with van der Waals surface area (Å²) in [6.07, 6.45) is 6.04. The molecule has 2 saturated heterocycles. The Bertz CT molecular complexity index is 334. The first-order valence-corrected chi connectivity index (χ1v) is 7.95. The van der Waals surface area contributed by atoms with E-state index in [2.05, 4.69) is 10.6 Å². The lowest BCUT2D eigenvalue weighted by Gasteiger charge is -2.23. The van der Waals surface area contributed by atoms with Crippen molar-refractivity contribution in [3.05, 3.63) is 0 Å². The summed E-state index contributed by atoms with van der Waals surface area (Å²) in [5.74, 6) is 0.685. The zero-order chi connectivity index (χ0) is 14.4. The van der Waals surface area contributed by atoms with Gasteiger partial charge in [-0.05, 0) is 58.0 Å². The van der Waals surface area contributed by atoms with E-state index in [0.29, 0.717) is 12.3 Å². The quantitative estimate of drug-likeness (QED) is 0.787. The van der Waals surface area contributed by atoms with E-state index >= 15 is 0 Å². The van der Waals surface area contributed by atoms with Crippen molar-refractivity contribution >= 4 is 11.8 Å². The van der Waals surface area contributed by atoms with Crippen LogP contribution in [0, 0.1) is 5.92 Å². The predicted octanol–water partition coefficient (Wildman–Crippen LogP) is 0.893. The Hall–Kier alpha value is -1.10. The lowest BCUT2D eigenvalue weighted by molar-refractivity contribution is -0.135. The molecule has 0 radical (unpaired) electrons. The fraction of sp³-hybridized carbons (Fsp3) is 0.867. The highest BCUT2D eigenvalue weighted by Crippen LogP contribution is 2.15. The van der Waals surface area contributed by atoms with Crippen molar-refractivity contribution in [2.75, 3.05) is 26.2 Å². The van der Waals surface area contributed by atoms with Crippen LogP contribution in [0.5, 0.6) is 0 Å². The zero-order valence-corrected chi connectivity index (χ0v) is 12.5. The maximum absolute atomic E-state index is 12.1. The third-order valence-electron chi connectivity index (χ3n) is 4.34. The third kappa shape index (κ3) is 4.47.